The summed E-state index contributed by atoms with van der Waals surface area (Å²) in [5.41, 5.74) is 6.86. The first kappa shape index (κ1) is 13.5. The van der Waals surface area contributed by atoms with Crippen molar-refractivity contribution in [1.29, 1.82) is 0 Å². The van der Waals surface area contributed by atoms with E-state index < -0.39 is 0 Å². The van der Waals surface area contributed by atoms with Crippen LogP contribution in [0.25, 0.3) is 0 Å². The van der Waals surface area contributed by atoms with Crippen LogP contribution in [0.15, 0.2) is 22.0 Å². The summed E-state index contributed by atoms with van der Waals surface area (Å²) in [6, 6.07) is 4.12. The number of nitrogens with two attached hydrogens (primary N) is 1. The van der Waals surface area contributed by atoms with Gasteiger partial charge in [0.25, 0.3) is 0 Å². The van der Waals surface area contributed by atoms with E-state index in [2.05, 4.69) is 58.1 Å². The van der Waals surface area contributed by atoms with Gasteiger partial charge in [0.1, 0.15) is 11.6 Å². The van der Waals surface area contributed by atoms with Gasteiger partial charge in [-0.2, -0.15) is 0 Å². The molecule has 2 aromatic heterocycles. The van der Waals surface area contributed by atoms with Gasteiger partial charge in [-0.1, -0.05) is 26.8 Å². The molecule has 0 aliphatic heterocycles. The Balaban J connectivity index is 2.41. The van der Waals surface area contributed by atoms with Crippen LogP contribution >= 0.6 is 27.3 Å². The summed E-state index contributed by atoms with van der Waals surface area (Å²) < 4.78 is 0.810. The van der Waals surface area contributed by atoms with Gasteiger partial charge >= 0.3 is 0 Å². The van der Waals surface area contributed by atoms with Gasteiger partial charge in [0.05, 0.1) is 10.2 Å². The first-order valence-electron chi connectivity index (χ1n) is 5.72. The average Bonchev–Trinajstić information content (AvgIpc) is 2.74. The Morgan fingerprint density at radius 3 is 2.61 bits per heavy atom. The van der Waals surface area contributed by atoms with Crippen molar-refractivity contribution in [2.75, 3.05) is 5.73 Å². The fourth-order valence-electron chi connectivity index (χ4n) is 1.66. The number of halogens is 1. The number of hydrogen-bond donors (Lipinski definition) is 1. The lowest BCUT2D eigenvalue weighted by Gasteiger charge is -2.20. The zero-order chi connectivity index (χ0) is 13.3. The zero-order valence-corrected chi connectivity index (χ0v) is 13.1. The Kier molecular flexibility index (Phi) is 3.73. The molecule has 3 nitrogen and oxygen atoms in total. The van der Waals surface area contributed by atoms with Gasteiger partial charge in [-0.25, -0.2) is 9.97 Å². The number of thiophene rings is 1. The minimum Gasteiger partial charge on any atom is -0.383 e. The quantitative estimate of drug-likeness (QED) is 0.914. The van der Waals surface area contributed by atoms with Gasteiger partial charge < -0.3 is 5.73 Å². The fraction of sp³-hybridized carbons (Fsp3) is 0.385. The molecule has 2 heterocycles. The molecule has 96 valence electrons. The van der Waals surface area contributed by atoms with Crippen LogP contribution in [0.5, 0.6) is 0 Å². The van der Waals surface area contributed by atoms with Crippen LogP contribution in [0, 0.1) is 0 Å². The minimum absolute atomic E-state index is 0.0555. The first-order chi connectivity index (χ1) is 8.38. The standard InChI is InChI=1S/C13H16BrN3S/c1-13(2,3)11-10(14)12(15)17-9(16-11)7-8-5-4-6-18-8/h4-6H,7H2,1-3H3,(H2,15,16,17). The molecule has 0 fully saturated rings. The summed E-state index contributed by atoms with van der Waals surface area (Å²) in [5.74, 6) is 1.30. The molecule has 0 amide bonds. The number of nitrogen functional groups attached to an aromatic ring is 1. The lowest BCUT2D eigenvalue weighted by Crippen LogP contribution is -2.18. The number of hydrogen-bond acceptors (Lipinski definition) is 4. The highest BCUT2D eigenvalue weighted by Crippen LogP contribution is 2.31. The molecule has 5 heteroatoms. The molecular weight excluding hydrogens is 310 g/mol. The van der Waals surface area contributed by atoms with E-state index in [0.717, 1.165) is 22.4 Å². The lowest BCUT2D eigenvalue weighted by atomic mass is 9.92. The lowest BCUT2D eigenvalue weighted by molar-refractivity contribution is 0.560. The van der Waals surface area contributed by atoms with E-state index in [-0.39, 0.29) is 5.41 Å². The smallest absolute Gasteiger partial charge is 0.141 e. The topological polar surface area (TPSA) is 51.8 Å². The van der Waals surface area contributed by atoms with Crippen LogP contribution in [-0.4, -0.2) is 9.97 Å². The molecule has 0 spiro atoms. The van der Waals surface area contributed by atoms with E-state index in [1.807, 2.05) is 6.07 Å². The van der Waals surface area contributed by atoms with Crippen molar-refractivity contribution in [2.24, 2.45) is 0 Å². The molecule has 0 radical (unpaired) electrons. The monoisotopic (exact) mass is 325 g/mol. The highest BCUT2D eigenvalue weighted by atomic mass is 79.9. The van der Waals surface area contributed by atoms with Gasteiger partial charge in [0.15, 0.2) is 0 Å². The zero-order valence-electron chi connectivity index (χ0n) is 10.7. The van der Waals surface area contributed by atoms with Crippen molar-refractivity contribution >= 4 is 33.1 Å². The summed E-state index contributed by atoms with van der Waals surface area (Å²) in [6.07, 6.45) is 0.734. The molecule has 0 saturated carbocycles. The Morgan fingerprint density at radius 2 is 2.06 bits per heavy atom. The van der Waals surface area contributed by atoms with E-state index in [1.54, 1.807) is 11.3 Å². The number of nitrogens with zero attached hydrogens (tertiary/aromatic N) is 2. The first-order valence-corrected chi connectivity index (χ1v) is 7.40. The van der Waals surface area contributed by atoms with Crippen LogP contribution in [0.3, 0.4) is 0 Å². The Hall–Kier alpha value is -0.940. The van der Waals surface area contributed by atoms with Crippen molar-refractivity contribution in [3.63, 3.8) is 0 Å². The van der Waals surface area contributed by atoms with Crippen molar-refractivity contribution in [2.45, 2.75) is 32.6 Å². The van der Waals surface area contributed by atoms with Crippen LogP contribution in [0.1, 0.15) is 37.2 Å². The molecule has 0 bridgehead atoms. The maximum absolute atomic E-state index is 5.95. The molecule has 2 rings (SSSR count). The van der Waals surface area contributed by atoms with Gasteiger partial charge in [0.2, 0.25) is 0 Å². The normalized spacial score (nSPS) is 11.8. The maximum atomic E-state index is 5.95. The molecule has 2 N–H and O–H groups in total. The predicted molar refractivity (Wildman–Crippen MR) is 80.0 cm³/mol. The van der Waals surface area contributed by atoms with E-state index in [1.165, 1.54) is 4.88 Å². The average molecular weight is 326 g/mol. The van der Waals surface area contributed by atoms with Gasteiger partial charge in [-0.05, 0) is 27.4 Å². The molecule has 0 saturated heterocycles. The molecule has 18 heavy (non-hydrogen) atoms. The predicted octanol–water partition coefficient (Wildman–Crippen LogP) is 3.77. The molecule has 0 aromatic carbocycles. The fourth-order valence-corrected chi connectivity index (χ4v) is 3.13. The van der Waals surface area contributed by atoms with Gasteiger partial charge in [-0.15, -0.1) is 11.3 Å². The van der Waals surface area contributed by atoms with E-state index in [0.29, 0.717) is 5.82 Å². The summed E-state index contributed by atoms with van der Waals surface area (Å²) in [7, 11) is 0. The summed E-state index contributed by atoms with van der Waals surface area (Å²) in [5, 5.41) is 2.06. The van der Waals surface area contributed by atoms with Crippen LogP contribution < -0.4 is 5.73 Å². The molecule has 2 aromatic rings. The highest BCUT2D eigenvalue weighted by molar-refractivity contribution is 9.10. The van der Waals surface area contributed by atoms with Crippen LogP contribution in [0.2, 0.25) is 0 Å². The Morgan fingerprint density at radius 1 is 1.33 bits per heavy atom. The third-order valence-corrected chi connectivity index (χ3v) is 4.20. The summed E-state index contributed by atoms with van der Waals surface area (Å²) >= 11 is 5.19. The third-order valence-electron chi connectivity index (χ3n) is 2.55. The van der Waals surface area contributed by atoms with Crippen molar-refractivity contribution < 1.29 is 0 Å². The minimum atomic E-state index is -0.0555. The maximum Gasteiger partial charge on any atom is 0.141 e. The Bertz CT molecular complexity index is 544. The Labute approximate surface area is 120 Å². The second kappa shape index (κ2) is 4.97. The SMILES string of the molecule is CC(C)(C)c1nc(Cc2cccs2)nc(N)c1Br. The van der Waals surface area contributed by atoms with Crippen LogP contribution in [0.4, 0.5) is 5.82 Å². The molecule has 0 atom stereocenters. The van der Waals surface area contributed by atoms with Crippen molar-refractivity contribution in [1.82, 2.24) is 9.97 Å². The number of aromatic nitrogens is 2. The van der Waals surface area contributed by atoms with E-state index in [4.69, 9.17) is 5.73 Å². The number of anilines is 1. The van der Waals surface area contributed by atoms with Crippen molar-refractivity contribution in [3.8, 4) is 0 Å². The van der Waals surface area contributed by atoms with Gasteiger partial charge in [0, 0.05) is 16.7 Å². The van der Waals surface area contributed by atoms with Crippen LogP contribution in [-0.2, 0) is 11.8 Å². The highest BCUT2D eigenvalue weighted by Gasteiger charge is 2.22. The molecular formula is C13H16BrN3S. The second-order valence-electron chi connectivity index (χ2n) is 5.19. The largest absolute Gasteiger partial charge is 0.383 e. The van der Waals surface area contributed by atoms with Crippen molar-refractivity contribution in [3.05, 3.63) is 38.4 Å². The number of rotatable bonds is 2. The van der Waals surface area contributed by atoms with Gasteiger partial charge in [-0.3, -0.25) is 0 Å². The second-order valence-corrected chi connectivity index (χ2v) is 7.02. The summed E-state index contributed by atoms with van der Waals surface area (Å²) in [4.78, 5) is 10.2. The third kappa shape index (κ3) is 2.90. The molecule has 0 aliphatic carbocycles. The molecule has 0 aliphatic rings. The van der Waals surface area contributed by atoms with E-state index in [9.17, 15) is 0 Å². The molecule has 0 unspecified atom stereocenters. The van der Waals surface area contributed by atoms with E-state index >= 15 is 0 Å². The summed E-state index contributed by atoms with van der Waals surface area (Å²) in [6.45, 7) is 6.36.